The number of hydrogen-bond acceptors (Lipinski definition) is 2. The summed E-state index contributed by atoms with van der Waals surface area (Å²) in [5, 5.41) is 8.28. The first-order chi connectivity index (χ1) is 6.41. The molecule has 0 spiro atoms. The Morgan fingerprint density at radius 1 is 1.29 bits per heavy atom. The summed E-state index contributed by atoms with van der Waals surface area (Å²) in [5.74, 6) is -1.12. The Morgan fingerprint density at radius 2 is 1.86 bits per heavy atom. The first kappa shape index (κ1) is 10.9. The van der Waals surface area contributed by atoms with Crippen LogP contribution in [0.2, 0.25) is 0 Å². The van der Waals surface area contributed by atoms with Crippen molar-refractivity contribution in [2.75, 3.05) is 0 Å². The molecular formula is C8H9O5P. The van der Waals surface area contributed by atoms with E-state index in [1.807, 2.05) is 0 Å². The zero-order valence-corrected chi connectivity index (χ0v) is 8.02. The largest absolute Gasteiger partial charge is 0.481 e. The van der Waals surface area contributed by atoms with Crippen LogP contribution in [0.15, 0.2) is 24.3 Å². The minimum Gasteiger partial charge on any atom is -0.481 e. The molecule has 5 nitrogen and oxygen atoms in total. The minimum absolute atomic E-state index is 0.147. The van der Waals surface area contributed by atoms with Crippen LogP contribution in [0.25, 0.3) is 0 Å². The molecule has 0 saturated heterocycles. The fraction of sp³-hybridized carbons (Fsp3) is 0.125. The van der Waals surface area contributed by atoms with Crippen molar-refractivity contribution in [3.8, 4) is 0 Å². The molecule has 0 amide bonds. The van der Waals surface area contributed by atoms with Crippen molar-refractivity contribution in [3.63, 3.8) is 0 Å². The van der Waals surface area contributed by atoms with Gasteiger partial charge in [-0.3, -0.25) is 9.36 Å². The topological polar surface area (TPSA) is 94.8 Å². The lowest BCUT2D eigenvalue weighted by molar-refractivity contribution is -0.136. The van der Waals surface area contributed by atoms with Crippen molar-refractivity contribution in [2.45, 2.75) is 6.42 Å². The van der Waals surface area contributed by atoms with Gasteiger partial charge in [0, 0.05) is 0 Å². The van der Waals surface area contributed by atoms with Gasteiger partial charge in [-0.05, 0) is 11.6 Å². The summed E-state index contributed by atoms with van der Waals surface area (Å²) >= 11 is 0. The summed E-state index contributed by atoms with van der Waals surface area (Å²) in [5.41, 5.74) is 0.147. The Bertz CT molecular complexity index is 394. The van der Waals surface area contributed by atoms with Crippen LogP contribution in [0.5, 0.6) is 0 Å². The van der Waals surface area contributed by atoms with Crippen LogP contribution < -0.4 is 5.30 Å². The standard InChI is InChI=1S/C8H9O5P/c9-8(10)5-6-3-1-2-4-7(6)14(11,12)13/h1-4H,5H2,(H,9,10)(H2,11,12,13). The molecule has 0 saturated carbocycles. The highest BCUT2D eigenvalue weighted by Crippen LogP contribution is 2.34. The van der Waals surface area contributed by atoms with Crippen LogP contribution in [0.4, 0.5) is 0 Å². The predicted molar refractivity (Wildman–Crippen MR) is 49.5 cm³/mol. The average molecular weight is 216 g/mol. The van der Waals surface area contributed by atoms with E-state index in [-0.39, 0.29) is 17.3 Å². The van der Waals surface area contributed by atoms with Gasteiger partial charge in [0.05, 0.1) is 11.7 Å². The van der Waals surface area contributed by atoms with Crippen LogP contribution in [0.3, 0.4) is 0 Å². The van der Waals surface area contributed by atoms with Crippen LogP contribution in [-0.4, -0.2) is 20.9 Å². The zero-order chi connectivity index (χ0) is 10.8. The second-order valence-corrected chi connectivity index (χ2v) is 4.31. The van der Waals surface area contributed by atoms with Crippen molar-refractivity contribution in [1.82, 2.24) is 0 Å². The van der Waals surface area contributed by atoms with E-state index in [1.165, 1.54) is 24.3 Å². The highest BCUT2D eigenvalue weighted by atomic mass is 31.2. The highest BCUT2D eigenvalue weighted by Gasteiger charge is 2.21. The summed E-state index contributed by atoms with van der Waals surface area (Å²) in [6.45, 7) is 0. The third-order valence-corrected chi connectivity index (χ3v) is 2.71. The van der Waals surface area contributed by atoms with E-state index in [4.69, 9.17) is 14.9 Å². The number of carboxylic acid groups (broad SMARTS) is 1. The van der Waals surface area contributed by atoms with Crippen LogP contribution in [0.1, 0.15) is 5.56 Å². The van der Waals surface area contributed by atoms with Crippen molar-refractivity contribution in [2.24, 2.45) is 0 Å². The number of benzene rings is 1. The van der Waals surface area contributed by atoms with Gasteiger partial charge in [0.2, 0.25) is 0 Å². The van der Waals surface area contributed by atoms with Crippen molar-refractivity contribution in [3.05, 3.63) is 29.8 Å². The second-order valence-electron chi connectivity index (χ2n) is 2.74. The molecule has 0 bridgehead atoms. The van der Waals surface area contributed by atoms with Gasteiger partial charge >= 0.3 is 13.6 Å². The molecule has 0 aromatic heterocycles. The molecule has 0 aliphatic heterocycles. The summed E-state index contributed by atoms with van der Waals surface area (Å²) < 4.78 is 10.9. The summed E-state index contributed by atoms with van der Waals surface area (Å²) in [6, 6.07) is 5.62. The van der Waals surface area contributed by atoms with Crippen LogP contribution >= 0.6 is 7.60 Å². The van der Waals surface area contributed by atoms with Gasteiger partial charge in [0.15, 0.2) is 0 Å². The lowest BCUT2D eigenvalue weighted by atomic mass is 10.1. The molecule has 1 rings (SSSR count). The molecular weight excluding hydrogens is 207 g/mol. The lowest BCUT2D eigenvalue weighted by Crippen LogP contribution is -2.14. The fourth-order valence-corrected chi connectivity index (χ4v) is 1.92. The molecule has 1 aromatic carbocycles. The van der Waals surface area contributed by atoms with Gasteiger partial charge in [-0.15, -0.1) is 0 Å². The molecule has 0 unspecified atom stereocenters. The Labute approximate surface area is 80.2 Å². The smallest absolute Gasteiger partial charge is 0.356 e. The minimum atomic E-state index is -4.38. The summed E-state index contributed by atoms with van der Waals surface area (Å²) in [6.07, 6.45) is -0.388. The molecule has 6 heteroatoms. The van der Waals surface area contributed by atoms with Crippen molar-refractivity contribution in [1.29, 1.82) is 0 Å². The molecule has 0 heterocycles. The molecule has 0 atom stereocenters. The SMILES string of the molecule is O=C(O)Cc1ccccc1P(=O)(O)O. The van der Waals surface area contributed by atoms with Crippen LogP contribution in [-0.2, 0) is 15.8 Å². The maximum absolute atomic E-state index is 10.9. The monoisotopic (exact) mass is 216 g/mol. The highest BCUT2D eigenvalue weighted by molar-refractivity contribution is 7.60. The lowest BCUT2D eigenvalue weighted by Gasteiger charge is -2.08. The number of rotatable bonds is 3. The maximum atomic E-state index is 10.9. The number of carbonyl (C=O) groups is 1. The third-order valence-electron chi connectivity index (χ3n) is 1.65. The third kappa shape index (κ3) is 2.67. The molecule has 76 valence electrons. The molecule has 3 N–H and O–H groups in total. The molecule has 0 radical (unpaired) electrons. The normalized spacial score (nSPS) is 11.3. The van der Waals surface area contributed by atoms with E-state index in [1.54, 1.807) is 0 Å². The Kier molecular flexibility index (Phi) is 3.06. The number of hydrogen-bond donors (Lipinski definition) is 3. The van der Waals surface area contributed by atoms with E-state index in [9.17, 15) is 9.36 Å². The number of aliphatic carboxylic acids is 1. The first-order valence-corrected chi connectivity index (χ1v) is 5.38. The first-order valence-electron chi connectivity index (χ1n) is 3.77. The summed E-state index contributed by atoms with van der Waals surface area (Å²) in [7, 11) is -4.38. The number of carboxylic acids is 1. The van der Waals surface area contributed by atoms with Crippen molar-refractivity contribution < 1.29 is 24.3 Å². The molecule has 0 aliphatic carbocycles. The maximum Gasteiger partial charge on any atom is 0.356 e. The summed E-state index contributed by atoms with van der Waals surface area (Å²) in [4.78, 5) is 28.2. The molecule has 0 aliphatic rings. The fourth-order valence-electron chi connectivity index (χ4n) is 1.11. The van der Waals surface area contributed by atoms with E-state index in [2.05, 4.69) is 0 Å². The van der Waals surface area contributed by atoms with Crippen LogP contribution in [0, 0.1) is 0 Å². The van der Waals surface area contributed by atoms with Gasteiger partial charge < -0.3 is 14.9 Å². The van der Waals surface area contributed by atoms with Gasteiger partial charge in [-0.1, -0.05) is 18.2 Å². The predicted octanol–water partition coefficient (Wildman–Crippen LogP) is 0.117. The zero-order valence-electron chi connectivity index (χ0n) is 7.12. The Hall–Kier alpha value is -1.16. The van der Waals surface area contributed by atoms with Gasteiger partial charge in [0.25, 0.3) is 0 Å². The van der Waals surface area contributed by atoms with Gasteiger partial charge in [-0.25, -0.2) is 0 Å². The molecule has 0 fully saturated rings. The van der Waals surface area contributed by atoms with Crippen molar-refractivity contribution >= 4 is 18.9 Å². The van der Waals surface area contributed by atoms with E-state index in [0.29, 0.717) is 0 Å². The van der Waals surface area contributed by atoms with Gasteiger partial charge in [0.1, 0.15) is 0 Å². The van der Waals surface area contributed by atoms with E-state index in [0.717, 1.165) is 0 Å². The van der Waals surface area contributed by atoms with E-state index < -0.39 is 13.6 Å². The Morgan fingerprint density at radius 3 is 2.36 bits per heavy atom. The van der Waals surface area contributed by atoms with Gasteiger partial charge in [-0.2, -0.15) is 0 Å². The second kappa shape index (κ2) is 3.92. The molecule has 14 heavy (non-hydrogen) atoms. The van der Waals surface area contributed by atoms with E-state index >= 15 is 0 Å². The average Bonchev–Trinajstić information content (AvgIpc) is 2.01. The molecule has 1 aromatic rings. The Balaban J connectivity index is 3.16. The quantitative estimate of drug-likeness (QED) is 0.623.